The Morgan fingerprint density at radius 1 is 0.385 bits per heavy atom. The summed E-state index contributed by atoms with van der Waals surface area (Å²) < 4.78 is 49.2. The molecule has 2 aliphatic heterocycles. The Labute approximate surface area is 801 Å². The summed E-state index contributed by atoms with van der Waals surface area (Å²) in [4.78, 5) is 58.0. The van der Waals surface area contributed by atoms with E-state index in [1.54, 1.807) is 84.1 Å². The summed E-state index contributed by atoms with van der Waals surface area (Å²) in [6, 6.07) is 29.3. The van der Waals surface area contributed by atoms with Crippen molar-refractivity contribution < 1.29 is 42.6 Å². The summed E-state index contributed by atoms with van der Waals surface area (Å²) in [5.41, 5.74) is 10.3. The van der Waals surface area contributed by atoms with Crippen molar-refractivity contribution in [2.45, 2.75) is 180 Å². The van der Waals surface area contributed by atoms with E-state index in [9.17, 15) is 0 Å². The van der Waals surface area contributed by atoms with Crippen molar-refractivity contribution in [3.05, 3.63) is 145 Å². The van der Waals surface area contributed by atoms with Crippen molar-refractivity contribution in [3.8, 4) is 52.8 Å². The number of anilines is 10. The molecule has 6 aliphatic rings. The van der Waals surface area contributed by atoms with Gasteiger partial charge in [0.2, 0.25) is 45.6 Å². The summed E-state index contributed by atoms with van der Waals surface area (Å²) in [5.74, 6) is 7.51. The van der Waals surface area contributed by atoms with Crippen LogP contribution in [0.4, 0.5) is 58.2 Å². The minimum absolute atomic E-state index is 0.0682. The number of aromatic nitrogens is 12. The third-order valence-electron chi connectivity index (χ3n) is 22.8. The minimum Gasteiger partial charge on any atom is -0.496 e. The number of rotatable bonds is 28. The van der Waals surface area contributed by atoms with Gasteiger partial charge in [-0.05, 0) is 293 Å². The molecule has 0 unspecified atom stereocenters. The molecule has 37 heteroatoms. The number of benzene rings is 5. The second-order valence-electron chi connectivity index (χ2n) is 32.7. The predicted octanol–water partition coefficient (Wildman–Crippen LogP) is 22.5. The number of methoxy groups -OCH3 is 5. The summed E-state index contributed by atoms with van der Waals surface area (Å²) in [5, 5.41) is 18.1. The molecular formula is C93H128Cl7N21O9. The van der Waals surface area contributed by atoms with Gasteiger partial charge >= 0.3 is 24.0 Å². The molecule has 6 heterocycles. The average Bonchev–Trinajstić information content (AvgIpc) is 0.826. The van der Waals surface area contributed by atoms with Gasteiger partial charge in [0, 0.05) is 47.6 Å². The molecule has 130 heavy (non-hydrogen) atoms. The lowest BCUT2D eigenvalue weighted by molar-refractivity contribution is 0.196. The second-order valence-corrected chi connectivity index (χ2v) is 35.3. The number of nitrogen functional groups attached to an aromatic ring is 1. The zero-order valence-electron chi connectivity index (χ0n) is 76.6. The summed E-state index contributed by atoms with van der Waals surface area (Å²) in [6.45, 7) is 14.3. The van der Waals surface area contributed by atoms with E-state index in [2.05, 4.69) is 131 Å². The fourth-order valence-electron chi connectivity index (χ4n) is 15.4. The number of nitrogens with two attached hydrogens (primary N) is 1. The van der Waals surface area contributed by atoms with E-state index in [4.69, 9.17) is 135 Å². The Hall–Kier alpha value is -9.21. The van der Waals surface area contributed by atoms with Gasteiger partial charge in [-0.2, -0.15) is 59.8 Å². The molecule has 15 rings (SSSR count). The largest absolute Gasteiger partial charge is 0.496 e. The number of halogens is 7. The Morgan fingerprint density at radius 2 is 0.677 bits per heavy atom. The molecule has 0 atom stereocenters. The maximum atomic E-state index is 6.30. The van der Waals surface area contributed by atoms with Gasteiger partial charge < -0.3 is 89.6 Å². The third kappa shape index (κ3) is 36.7. The molecule has 5 aromatic carbocycles. The Balaban J connectivity index is 0.000000184. The number of aryl methyl sites for hydroxylation is 1. The zero-order chi connectivity index (χ0) is 93.1. The molecule has 4 aromatic heterocycles. The summed E-state index contributed by atoms with van der Waals surface area (Å²) in [7, 11) is 16.4. The van der Waals surface area contributed by atoms with Gasteiger partial charge in [-0.1, -0.05) is 130 Å². The van der Waals surface area contributed by atoms with Crippen molar-refractivity contribution in [1.82, 2.24) is 74.9 Å². The SMILES string of the molecule is C=CC.CNC1CCN(C)CC1.COc1ccc(N)cc1C.COc1ccc(Nc2nc(Cl)nc(OCC3CCCCC3)n2)cc1Cl.COc1ccc(Nc2nc(Nc3ccc(OC)c(Cl)c3)nc(OCC3CCCCC3)n2)cc1Cl.COc1ccc(Nc2nc(OCC3CCCCC3)nc(N(C)C3CCN(C)CC3)n2)cc1Cl.Clc1nc(Cl)nc(OCC2CCCCC2)n1. The van der Waals surface area contributed by atoms with Gasteiger partial charge in [-0.25, -0.2) is 0 Å². The van der Waals surface area contributed by atoms with Crippen molar-refractivity contribution in [2.24, 2.45) is 23.7 Å². The van der Waals surface area contributed by atoms with Crippen LogP contribution in [0.1, 0.15) is 167 Å². The third-order valence-corrected chi connectivity index (χ3v) is 24.5. The number of allylic oxidation sites excluding steroid dienone is 1. The highest BCUT2D eigenvalue weighted by Gasteiger charge is 2.27. The van der Waals surface area contributed by atoms with Gasteiger partial charge in [-0.3, -0.25) is 0 Å². The molecule has 30 nitrogen and oxygen atoms in total. The molecule has 0 amide bonds. The number of piperidine rings is 2. The van der Waals surface area contributed by atoms with E-state index in [1.165, 1.54) is 142 Å². The number of hydrogen-bond donors (Lipinski definition) is 6. The molecule has 2 saturated heterocycles. The quantitative estimate of drug-likeness (QED) is 0.0196. The molecule has 0 bridgehead atoms. The van der Waals surface area contributed by atoms with E-state index in [0.717, 1.165) is 67.5 Å². The fourth-order valence-corrected chi connectivity index (χ4v) is 16.9. The Bertz CT molecular complexity index is 4780. The lowest BCUT2D eigenvalue weighted by atomic mass is 9.90. The average molecular weight is 1930 g/mol. The predicted molar refractivity (Wildman–Crippen MR) is 524 cm³/mol. The molecule has 708 valence electrons. The molecule has 7 N–H and O–H groups in total. The molecule has 0 radical (unpaired) electrons. The van der Waals surface area contributed by atoms with Crippen molar-refractivity contribution in [1.29, 1.82) is 0 Å². The number of likely N-dealkylation sites (tertiary alicyclic amines) is 2. The smallest absolute Gasteiger partial charge is 0.323 e. The highest BCUT2D eigenvalue weighted by Crippen LogP contribution is 2.37. The van der Waals surface area contributed by atoms with E-state index < -0.39 is 0 Å². The van der Waals surface area contributed by atoms with Crippen molar-refractivity contribution in [2.75, 3.05) is 148 Å². The first kappa shape index (κ1) is 104. The van der Waals surface area contributed by atoms with Crippen LogP contribution in [0.3, 0.4) is 0 Å². The molecule has 4 saturated carbocycles. The van der Waals surface area contributed by atoms with Crippen LogP contribution in [0.15, 0.2) is 104 Å². The van der Waals surface area contributed by atoms with Gasteiger partial charge in [0.05, 0.1) is 82.1 Å². The van der Waals surface area contributed by atoms with E-state index >= 15 is 0 Å². The lowest BCUT2D eigenvalue weighted by Gasteiger charge is -2.35. The number of hydrogen-bond acceptors (Lipinski definition) is 30. The molecule has 6 fully saturated rings. The number of ether oxygens (including phenoxy) is 9. The number of nitrogens with one attached hydrogen (secondary N) is 5. The van der Waals surface area contributed by atoms with E-state index in [1.807, 2.05) is 62.4 Å². The van der Waals surface area contributed by atoms with Crippen LogP contribution in [-0.2, 0) is 0 Å². The van der Waals surface area contributed by atoms with Crippen LogP contribution in [0.5, 0.6) is 52.8 Å². The molecule has 0 spiro atoms. The normalized spacial score (nSPS) is 15.8. The maximum absolute atomic E-state index is 6.30. The highest BCUT2D eigenvalue weighted by molar-refractivity contribution is 6.33. The Kier molecular flexibility index (Phi) is 45.5. The summed E-state index contributed by atoms with van der Waals surface area (Å²) >= 11 is 42.2. The molecular weight excluding hydrogens is 1800 g/mol. The highest BCUT2D eigenvalue weighted by atomic mass is 35.5. The first-order valence-electron chi connectivity index (χ1n) is 44.6. The fraction of sp³-hybridized carbons (Fsp3) is 0.527. The lowest BCUT2D eigenvalue weighted by Crippen LogP contribution is -2.42. The van der Waals surface area contributed by atoms with Crippen LogP contribution < -0.4 is 79.8 Å². The monoisotopic (exact) mass is 1930 g/mol. The Morgan fingerprint density at radius 3 is 1.00 bits per heavy atom. The van der Waals surface area contributed by atoms with E-state index in [0.29, 0.717) is 152 Å². The van der Waals surface area contributed by atoms with Crippen LogP contribution in [-0.4, -0.2) is 198 Å². The summed E-state index contributed by atoms with van der Waals surface area (Å²) in [6.07, 6.45) is 31.5. The molecule has 4 aliphatic carbocycles. The van der Waals surface area contributed by atoms with Gasteiger partial charge in [0.25, 0.3) is 0 Å². The second kappa shape index (κ2) is 56.6. The van der Waals surface area contributed by atoms with Crippen LogP contribution >= 0.6 is 81.2 Å². The van der Waals surface area contributed by atoms with Crippen molar-refractivity contribution in [3.63, 3.8) is 0 Å². The van der Waals surface area contributed by atoms with Gasteiger partial charge in [-0.15, -0.1) is 6.58 Å². The molecule has 9 aromatic rings. The maximum Gasteiger partial charge on any atom is 0.323 e. The standard InChI is InChI=1S/C24H27Cl2N5O3.C24H35ClN6O2.C17H20Cl2N4O2.C10H13Cl2N3O.C8H11NO.C7H16N2.C3H6/c1-32-20-10-8-16(12-18(20)25)27-22-29-23(28-17-9-11-21(33-2)19(26)13-17)31-24(30-22)34-14-15-6-4-3-5-7-15;1-30-13-11-19(12-14-30)31(2)23-27-22(26-18-9-10-21(32-3)20(25)15-18)28-24(29-23)33-16-17-7-5-4-6-8-17;1-24-14-8-7-12(9-13(14)18)20-16-21-15(19)22-17(23-16)25-10-11-5-3-2-4-6-11;11-8-13-9(12)15-10(14-8)16-6-7-4-2-1-3-5-7;1-6-5-7(9)3-4-8(6)10-2;1-8-7-3-5-9(2)6-4-7;1-3-2/h8-13,15H,3-7,14H2,1-2H3,(H2,27,28,29,30,31);9-10,15,17,19H,4-8,11-14,16H2,1-3H3,(H,26,27,28,29);7-9,11H,2-6,10H2,1H3,(H,20,21,22,23);7H,1-6H2;3-5H,9H2,1-2H3;7-8H,3-6H2,1-2H3;3H,1H2,2H3. The van der Waals surface area contributed by atoms with Crippen LogP contribution in [0.2, 0.25) is 35.9 Å². The van der Waals surface area contributed by atoms with Gasteiger partial charge in [0.1, 0.15) is 28.7 Å². The topological polar surface area (TPSA) is 334 Å². The first-order chi connectivity index (χ1) is 62.9. The minimum atomic E-state index is 0.0682. The number of nitrogens with zero attached hydrogens (tertiary/aromatic N) is 15. The van der Waals surface area contributed by atoms with Gasteiger partial charge in [0.15, 0.2) is 0 Å². The van der Waals surface area contributed by atoms with Crippen LogP contribution in [0, 0.1) is 30.6 Å². The van der Waals surface area contributed by atoms with Crippen LogP contribution in [0.25, 0.3) is 0 Å². The van der Waals surface area contributed by atoms with E-state index in [-0.39, 0.29) is 33.9 Å². The first-order valence-corrected chi connectivity index (χ1v) is 47.2. The zero-order valence-corrected chi connectivity index (χ0v) is 81.9. The van der Waals surface area contributed by atoms with Crippen molar-refractivity contribution >= 4 is 139 Å².